The molecule has 142 valence electrons. The number of rotatable bonds is 9. The summed E-state index contributed by atoms with van der Waals surface area (Å²) >= 11 is 0. The van der Waals surface area contributed by atoms with Gasteiger partial charge in [0.05, 0.1) is 11.3 Å². The zero-order chi connectivity index (χ0) is 19.6. The van der Waals surface area contributed by atoms with E-state index < -0.39 is 23.4 Å². The number of carbonyl (C=O) groups excluding carboxylic acids is 2. The molecule has 0 atom stereocenters. The van der Waals surface area contributed by atoms with Gasteiger partial charge in [-0.1, -0.05) is 43.7 Å². The number of aryl methyl sites for hydroxylation is 1. The number of para-hydroxylation sites is 1. The zero-order valence-electron chi connectivity index (χ0n) is 15.1. The molecule has 27 heavy (non-hydrogen) atoms. The lowest BCUT2D eigenvalue weighted by molar-refractivity contribution is -0.385. The van der Waals surface area contributed by atoms with E-state index in [4.69, 9.17) is 4.74 Å². The number of nitro groups is 1. The Hall–Kier alpha value is -3.22. The monoisotopic (exact) mass is 370 g/mol. The average Bonchev–Trinajstić information content (AvgIpc) is 2.66. The summed E-state index contributed by atoms with van der Waals surface area (Å²) in [7, 11) is 0. The van der Waals surface area contributed by atoms with E-state index in [-0.39, 0.29) is 17.7 Å². The quantitative estimate of drug-likeness (QED) is 0.413. The second kappa shape index (κ2) is 10.1. The van der Waals surface area contributed by atoms with Gasteiger partial charge in [-0.05, 0) is 30.5 Å². The number of amides is 1. The second-order valence-electron chi connectivity index (χ2n) is 6.07. The van der Waals surface area contributed by atoms with Crippen molar-refractivity contribution in [1.29, 1.82) is 0 Å². The third kappa shape index (κ3) is 6.54. The molecule has 1 N–H and O–H groups in total. The summed E-state index contributed by atoms with van der Waals surface area (Å²) in [5.41, 5.74) is 1.92. The summed E-state index contributed by atoms with van der Waals surface area (Å²) in [5, 5.41) is 13.6. The molecular formula is C20H22N2O5. The Labute approximate surface area is 157 Å². The van der Waals surface area contributed by atoms with E-state index in [9.17, 15) is 19.7 Å². The number of hydrogen-bond acceptors (Lipinski definition) is 5. The van der Waals surface area contributed by atoms with Gasteiger partial charge in [0.1, 0.15) is 0 Å². The summed E-state index contributed by atoms with van der Waals surface area (Å²) in [5.74, 6) is -1.17. The lowest BCUT2D eigenvalue weighted by atomic mass is 10.1. The first kappa shape index (κ1) is 20.1. The SMILES string of the molecule is CCCCc1ccc(NC(=O)COC(=O)Cc2ccccc2[N+](=O)[O-])cc1. The van der Waals surface area contributed by atoms with E-state index >= 15 is 0 Å². The summed E-state index contributed by atoms with van der Waals surface area (Å²) < 4.78 is 4.92. The largest absolute Gasteiger partial charge is 0.455 e. The van der Waals surface area contributed by atoms with Crippen molar-refractivity contribution in [2.24, 2.45) is 0 Å². The van der Waals surface area contributed by atoms with Crippen LogP contribution < -0.4 is 5.32 Å². The predicted molar refractivity (Wildman–Crippen MR) is 101 cm³/mol. The number of esters is 1. The van der Waals surface area contributed by atoms with Crippen LogP contribution in [0.1, 0.15) is 30.9 Å². The Morgan fingerprint density at radius 2 is 1.81 bits per heavy atom. The molecule has 2 aromatic carbocycles. The van der Waals surface area contributed by atoms with Crippen molar-refractivity contribution in [3.63, 3.8) is 0 Å². The van der Waals surface area contributed by atoms with Gasteiger partial charge < -0.3 is 10.1 Å². The molecule has 0 aliphatic heterocycles. The molecule has 0 fully saturated rings. The van der Waals surface area contributed by atoms with Gasteiger partial charge in [-0.15, -0.1) is 0 Å². The highest BCUT2D eigenvalue weighted by Gasteiger charge is 2.17. The molecule has 0 aliphatic carbocycles. The molecule has 0 aliphatic rings. The van der Waals surface area contributed by atoms with Crippen molar-refractivity contribution >= 4 is 23.3 Å². The molecule has 0 aromatic heterocycles. The number of hydrogen-bond donors (Lipinski definition) is 1. The van der Waals surface area contributed by atoms with Crippen molar-refractivity contribution in [2.75, 3.05) is 11.9 Å². The molecule has 0 bridgehead atoms. The highest BCUT2D eigenvalue weighted by atomic mass is 16.6. The number of ether oxygens (including phenoxy) is 1. The van der Waals surface area contributed by atoms with Gasteiger partial charge in [0, 0.05) is 17.3 Å². The van der Waals surface area contributed by atoms with Gasteiger partial charge in [0.2, 0.25) is 0 Å². The van der Waals surface area contributed by atoms with E-state index in [2.05, 4.69) is 12.2 Å². The lowest BCUT2D eigenvalue weighted by Crippen LogP contribution is -2.21. The zero-order valence-corrected chi connectivity index (χ0v) is 15.1. The van der Waals surface area contributed by atoms with Gasteiger partial charge in [-0.25, -0.2) is 0 Å². The Balaban J connectivity index is 1.81. The Morgan fingerprint density at radius 3 is 2.48 bits per heavy atom. The second-order valence-corrected chi connectivity index (χ2v) is 6.07. The summed E-state index contributed by atoms with van der Waals surface area (Å²) in [6.07, 6.45) is 2.96. The summed E-state index contributed by atoms with van der Waals surface area (Å²) in [6, 6.07) is 13.4. The number of nitrogens with zero attached hydrogens (tertiary/aromatic N) is 1. The van der Waals surface area contributed by atoms with Crippen LogP contribution in [-0.4, -0.2) is 23.4 Å². The van der Waals surface area contributed by atoms with E-state index in [1.165, 1.54) is 23.8 Å². The van der Waals surface area contributed by atoms with Crippen molar-refractivity contribution < 1.29 is 19.2 Å². The van der Waals surface area contributed by atoms with E-state index in [1.807, 2.05) is 12.1 Å². The number of carbonyl (C=O) groups is 2. The third-order valence-electron chi connectivity index (χ3n) is 3.94. The molecule has 7 heteroatoms. The molecule has 2 rings (SSSR count). The molecule has 0 spiro atoms. The number of unbranched alkanes of at least 4 members (excludes halogenated alkanes) is 1. The van der Waals surface area contributed by atoms with Gasteiger partial charge in [-0.3, -0.25) is 19.7 Å². The van der Waals surface area contributed by atoms with Crippen LogP contribution in [0.25, 0.3) is 0 Å². The van der Waals surface area contributed by atoms with Crippen molar-refractivity contribution in [3.8, 4) is 0 Å². The molecule has 0 unspecified atom stereocenters. The molecule has 1 amide bonds. The Bertz CT molecular complexity index is 802. The van der Waals surface area contributed by atoms with Crippen LogP contribution >= 0.6 is 0 Å². The lowest BCUT2D eigenvalue weighted by Gasteiger charge is -2.08. The topological polar surface area (TPSA) is 98.5 Å². The third-order valence-corrected chi connectivity index (χ3v) is 3.94. The normalized spacial score (nSPS) is 10.3. The molecule has 0 saturated heterocycles. The van der Waals surface area contributed by atoms with Crippen LogP contribution in [0.5, 0.6) is 0 Å². The van der Waals surface area contributed by atoms with Crippen LogP contribution in [0.2, 0.25) is 0 Å². The van der Waals surface area contributed by atoms with Crippen LogP contribution in [0, 0.1) is 10.1 Å². The van der Waals surface area contributed by atoms with E-state index in [1.54, 1.807) is 18.2 Å². The summed E-state index contributed by atoms with van der Waals surface area (Å²) in [4.78, 5) is 34.2. The maximum Gasteiger partial charge on any atom is 0.311 e. The molecule has 2 aromatic rings. The van der Waals surface area contributed by atoms with Crippen LogP contribution in [0.4, 0.5) is 11.4 Å². The first-order valence-corrected chi connectivity index (χ1v) is 8.76. The van der Waals surface area contributed by atoms with E-state index in [0.29, 0.717) is 5.69 Å². The van der Waals surface area contributed by atoms with Crippen LogP contribution in [0.15, 0.2) is 48.5 Å². The van der Waals surface area contributed by atoms with Gasteiger partial charge in [-0.2, -0.15) is 0 Å². The van der Waals surface area contributed by atoms with Crippen molar-refractivity contribution in [3.05, 3.63) is 69.8 Å². The van der Waals surface area contributed by atoms with Gasteiger partial charge in [0.15, 0.2) is 6.61 Å². The first-order chi connectivity index (χ1) is 13.0. The first-order valence-electron chi connectivity index (χ1n) is 8.76. The fourth-order valence-corrected chi connectivity index (χ4v) is 2.52. The minimum Gasteiger partial charge on any atom is -0.455 e. The Kier molecular flexibility index (Phi) is 7.49. The number of anilines is 1. The highest BCUT2D eigenvalue weighted by molar-refractivity contribution is 5.92. The van der Waals surface area contributed by atoms with Crippen LogP contribution in [0.3, 0.4) is 0 Å². The number of nitrogens with one attached hydrogen (secondary N) is 1. The molecule has 0 radical (unpaired) electrons. The minimum atomic E-state index is -0.700. The number of nitro benzene ring substituents is 1. The molecule has 7 nitrogen and oxygen atoms in total. The van der Waals surface area contributed by atoms with Crippen molar-refractivity contribution in [2.45, 2.75) is 32.6 Å². The van der Waals surface area contributed by atoms with Crippen molar-refractivity contribution in [1.82, 2.24) is 0 Å². The van der Waals surface area contributed by atoms with Gasteiger partial charge in [0.25, 0.3) is 11.6 Å². The maximum absolute atomic E-state index is 11.9. The maximum atomic E-state index is 11.9. The van der Waals surface area contributed by atoms with Crippen LogP contribution in [-0.2, 0) is 27.2 Å². The van der Waals surface area contributed by atoms with E-state index in [0.717, 1.165) is 19.3 Å². The fraction of sp³-hybridized carbons (Fsp3) is 0.300. The molecular weight excluding hydrogens is 348 g/mol. The fourth-order valence-electron chi connectivity index (χ4n) is 2.52. The average molecular weight is 370 g/mol. The predicted octanol–water partition coefficient (Wildman–Crippen LogP) is 3.66. The van der Waals surface area contributed by atoms with Gasteiger partial charge >= 0.3 is 5.97 Å². The minimum absolute atomic E-state index is 0.151. The molecule has 0 heterocycles. The smallest absolute Gasteiger partial charge is 0.311 e. The summed E-state index contributed by atoms with van der Waals surface area (Å²) in [6.45, 7) is 1.68. The molecule has 0 saturated carbocycles. The highest BCUT2D eigenvalue weighted by Crippen LogP contribution is 2.18. The standard InChI is InChI=1S/C20H22N2O5/c1-2-3-6-15-9-11-17(12-10-15)21-19(23)14-27-20(24)13-16-7-4-5-8-18(16)22(25)26/h4-5,7-12H,2-3,6,13-14H2,1H3,(H,21,23). The number of benzene rings is 2. The Morgan fingerprint density at radius 1 is 1.11 bits per heavy atom.